The zero-order valence-corrected chi connectivity index (χ0v) is 10.5. The van der Waals surface area contributed by atoms with Crippen LogP contribution in [0.1, 0.15) is 5.56 Å². The zero-order chi connectivity index (χ0) is 13.5. The SMILES string of the molecule is O=C(O)/C=C/CNCCc1cccc2cccnc12. The standard InChI is InChI=1S/C15H16N2O2/c18-14(19)7-3-9-16-11-8-13-5-1-4-12-6-2-10-17-15(12)13/h1-7,10,16H,8-9,11H2,(H,18,19)/b7-3+. The van der Waals surface area contributed by atoms with E-state index in [0.717, 1.165) is 29.9 Å². The molecule has 2 N–H and O–H groups in total. The number of aromatic nitrogens is 1. The lowest BCUT2D eigenvalue weighted by atomic mass is 10.1. The maximum Gasteiger partial charge on any atom is 0.328 e. The van der Waals surface area contributed by atoms with Gasteiger partial charge in [0.15, 0.2) is 0 Å². The Labute approximate surface area is 111 Å². The molecule has 1 aromatic carbocycles. The summed E-state index contributed by atoms with van der Waals surface area (Å²) in [6.45, 7) is 1.35. The highest BCUT2D eigenvalue weighted by molar-refractivity contribution is 5.81. The minimum atomic E-state index is -0.917. The van der Waals surface area contributed by atoms with Gasteiger partial charge in [-0.05, 0) is 24.6 Å². The molecule has 0 amide bonds. The molecular formula is C15H16N2O2. The summed E-state index contributed by atoms with van der Waals surface area (Å²) >= 11 is 0. The lowest BCUT2D eigenvalue weighted by molar-refractivity contribution is -0.131. The van der Waals surface area contributed by atoms with Gasteiger partial charge in [-0.25, -0.2) is 4.79 Å². The monoisotopic (exact) mass is 256 g/mol. The molecule has 19 heavy (non-hydrogen) atoms. The molecule has 0 radical (unpaired) electrons. The normalized spacial score (nSPS) is 11.2. The summed E-state index contributed by atoms with van der Waals surface area (Å²) in [6.07, 6.45) is 5.42. The highest BCUT2D eigenvalue weighted by Gasteiger charge is 2.00. The summed E-state index contributed by atoms with van der Waals surface area (Å²) in [5.41, 5.74) is 2.24. The molecule has 2 aromatic rings. The molecule has 0 spiro atoms. The predicted octanol–water partition coefficient (Wildman–Crippen LogP) is 2.01. The minimum absolute atomic E-state index is 0.560. The summed E-state index contributed by atoms with van der Waals surface area (Å²) in [4.78, 5) is 14.7. The summed E-state index contributed by atoms with van der Waals surface area (Å²) < 4.78 is 0. The van der Waals surface area contributed by atoms with E-state index in [1.54, 1.807) is 12.3 Å². The van der Waals surface area contributed by atoms with E-state index in [4.69, 9.17) is 5.11 Å². The van der Waals surface area contributed by atoms with Crippen LogP contribution < -0.4 is 5.32 Å². The fourth-order valence-corrected chi connectivity index (χ4v) is 1.94. The number of rotatable bonds is 6. The quantitative estimate of drug-likeness (QED) is 0.613. The number of nitrogens with zero attached hydrogens (tertiary/aromatic N) is 1. The number of nitrogens with one attached hydrogen (secondary N) is 1. The summed E-state index contributed by atoms with van der Waals surface area (Å²) in [5.74, 6) is -0.917. The van der Waals surface area contributed by atoms with Crippen LogP contribution in [-0.4, -0.2) is 29.1 Å². The first-order valence-electron chi connectivity index (χ1n) is 6.20. The number of benzene rings is 1. The Morgan fingerprint density at radius 2 is 2.16 bits per heavy atom. The van der Waals surface area contributed by atoms with Gasteiger partial charge in [0.05, 0.1) is 5.52 Å². The molecule has 98 valence electrons. The highest BCUT2D eigenvalue weighted by Crippen LogP contribution is 2.15. The van der Waals surface area contributed by atoms with Crippen LogP contribution in [0.2, 0.25) is 0 Å². The van der Waals surface area contributed by atoms with Crippen LogP contribution in [0.3, 0.4) is 0 Å². The number of hydrogen-bond donors (Lipinski definition) is 2. The molecule has 0 atom stereocenters. The van der Waals surface area contributed by atoms with E-state index in [2.05, 4.69) is 28.5 Å². The Kier molecular flexibility index (Phi) is 4.64. The van der Waals surface area contributed by atoms with Crippen LogP contribution in [0.25, 0.3) is 10.9 Å². The largest absolute Gasteiger partial charge is 0.478 e. The van der Waals surface area contributed by atoms with E-state index >= 15 is 0 Å². The molecule has 1 aromatic heterocycles. The van der Waals surface area contributed by atoms with Gasteiger partial charge in [0.25, 0.3) is 0 Å². The summed E-state index contributed by atoms with van der Waals surface area (Å²) in [6, 6.07) is 10.1. The van der Waals surface area contributed by atoms with Gasteiger partial charge in [-0.3, -0.25) is 4.98 Å². The molecule has 0 aliphatic rings. The Bertz CT molecular complexity index is 588. The number of aliphatic carboxylic acids is 1. The zero-order valence-electron chi connectivity index (χ0n) is 10.5. The average Bonchev–Trinajstić information content (AvgIpc) is 2.42. The van der Waals surface area contributed by atoms with Crippen molar-refractivity contribution in [2.24, 2.45) is 0 Å². The van der Waals surface area contributed by atoms with Gasteiger partial charge in [-0.1, -0.05) is 30.3 Å². The van der Waals surface area contributed by atoms with Crippen molar-refractivity contribution < 1.29 is 9.90 Å². The molecule has 0 fully saturated rings. The second kappa shape index (κ2) is 6.66. The first kappa shape index (κ1) is 13.2. The third kappa shape index (κ3) is 3.89. The lowest BCUT2D eigenvalue weighted by Crippen LogP contribution is -2.17. The number of pyridine rings is 1. The average molecular weight is 256 g/mol. The molecule has 2 rings (SSSR count). The molecular weight excluding hydrogens is 240 g/mol. The molecule has 4 nitrogen and oxygen atoms in total. The first-order chi connectivity index (χ1) is 9.27. The maximum atomic E-state index is 10.3. The number of fused-ring (bicyclic) bond motifs is 1. The highest BCUT2D eigenvalue weighted by atomic mass is 16.4. The van der Waals surface area contributed by atoms with Gasteiger partial charge < -0.3 is 10.4 Å². The Hall–Kier alpha value is -2.20. The van der Waals surface area contributed by atoms with Crippen molar-refractivity contribution in [2.75, 3.05) is 13.1 Å². The van der Waals surface area contributed by atoms with Crippen molar-refractivity contribution in [1.82, 2.24) is 10.3 Å². The van der Waals surface area contributed by atoms with Crippen molar-refractivity contribution in [2.45, 2.75) is 6.42 Å². The smallest absolute Gasteiger partial charge is 0.328 e. The maximum absolute atomic E-state index is 10.3. The molecule has 4 heteroatoms. The van der Waals surface area contributed by atoms with Gasteiger partial charge in [0, 0.05) is 24.2 Å². The van der Waals surface area contributed by atoms with Crippen LogP contribution in [0.5, 0.6) is 0 Å². The van der Waals surface area contributed by atoms with Gasteiger partial charge in [-0.2, -0.15) is 0 Å². The predicted molar refractivity (Wildman–Crippen MR) is 75.1 cm³/mol. The van der Waals surface area contributed by atoms with Crippen LogP contribution in [-0.2, 0) is 11.2 Å². The van der Waals surface area contributed by atoms with E-state index in [1.807, 2.05) is 12.1 Å². The van der Waals surface area contributed by atoms with Crippen molar-refractivity contribution in [3.05, 3.63) is 54.2 Å². The molecule has 0 aliphatic heterocycles. The third-order valence-electron chi connectivity index (χ3n) is 2.81. The summed E-state index contributed by atoms with van der Waals surface area (Å²) in [7, 11) is 0. The molecule has 0 unspecified atom stereocenters. The lowest BCUT2D eigenvalue weighted by Gasteiger charge is -2.05. The van der Waals surface area contributed by atoms with Crippen LogP contribution in [0.15, 0.2) is 48.7 Å². The van der Waals surface area contributed by atoms with E-state index in [-0.39, 0.29) is 0 Å². The number of carboxylic acids is 1. The topological polar surface area (TPSA) is 62.2 Å². The Balaban J connectivity index is 1.90. The number of carbonyl (C=O) groups is 1. The van der Waals surface area contributed by atoms with Crippen molar-refractivity contribution in [1.29, 1.82) is 0 Å². The van der Waals surface area contributed by atoms with Crippen LogP contribution in [0, 0.1) is 0 Å². The van der Waals surface area contributed by atoms with E-state index in [1.165, 1.54) is 5.56 Å². The second-order valence-corrected chi connectivity index (χ2v) is 4.19. The summed E-state index contributed by atoms with van der Waals surface area (Å²) in [5, 5.41) is 12.8. The van der Waals surface area contributed by atoms with Crippen molar-refractivity contribution >= 4 is 16.9 Å². The molecule has 0 saturated carbocycles. The number of hydrogen-bond acceptors (Lipinski definition) is 3. The fourth-order valence-electron chi connectivity index (χ4n) is 1.94. The van der Waals surface area contributed by atoms with Gasteiger partial charge in [-0.15, -0.1) is 0 Å². The molecule has 0 saturated heterocycles. The van der Waals surface area contributed by atoms with Crippen molar-refractivity contribution in [3.8, 4) is 0 Å². The van der Waals surface area contributed by atoms with Crippen molar-refractivity contribution in [3.63, 3.8) is 0 Å². The minimum Gasteiger partial charge on any atom is -0.478 e. The fraction of sp³-hybridized carbons (Fsp3) is 0.200. The Morgan fingerprint density at radius 3 is 3.00 bits per heavy atom. The van der Waals surface area contributed by atoms with E-state index in [9.17, 15) is 4.79 Å². The van der Waals surface area contributed by atoms with E-state index in [0.29, 0.717) is 6.54 Å². The molecule has 1 heterocycles. The number of para-hydroxylation sites is 1. The molecule has 0 bridgehead atoms. The molecule has 0 aliphatic carbocycles. The van der Waals surface area contributed by atoms with Gasteiger partial charge >= 0.3 is 5.97 Å². The van der Waals surface area contributed by atoms with E-state index < -0.39 is 5.97 Å². The second-order valence-electron chi connectivity index (χ2n) is 4.19. The van der Waals surface area contributed by atoms with Gasteiger partial charge in [0.1, 0.15) is 0 Å². The Morgan fingerprint density at radius 1 is 1.32 bits per heavy atom. The third-order valence-corrected chi connectivity index (χ3v) is 2.81. The first-order valence-corrected chi connectivity index (χ1v) is 6.20. The van der Waals surface area contributed by atoms with Crippen LogP contribution in [0.4, 0.5) is 0 Å². The van der Waals surface area contributed by atoms with Crippen LogP contribution >= 0.6 is 0 Å². The number of carboxylic acid groups (broad SMARTS) is 1. The van der Waals surface area contributed by atoms with Gasteiger partial charge in [0.2, 0.25) is 0 Å².